The first-order chi connectivity index (χ1) is 9.01. The molecule has 0 radical (unpaired) electrons. The van der Waals surface area contributed by atoms with Gasteiger partial charge < -0.3 is 9.64 Å². The quantitative estimate of drug-likeness (QED) is 0.557. The van der Waals surface area contributed by atoms with Crippen molar-refractivity contribution >= 4 is 12.0 Å². The molecule has 1 saturated heterocycles. The summed E-state index contributed by atoms with van der Waals surface area (Å²) in [6, 6.07) is -0.285. The van der Waals surface area contributed by atoms with Crippen molar-refractivity contribution in [3.63, 3.8) is 0 Å². The van der Waals surface area contributed by atoms with Crippen LogP contribution in [0.3, 0.4) is 0 Å². The monoisotopic (exact) mass is 268 g/mol. The van der Waals surface area contributed by atoms with E-state index in [1.54, 1.807) is 4.90 Å². The number of esters is 1. The van der Waals surface area contributed by atoms with Crippen LogP contribution in [-0.4, -0.2) is 53.8 Å². The average Bonchev–Trinajstić information content (AvgIpc) is 2.58. The topological polar surface area (TPSA) is 59.1 Å². The van der Waals surface area contributed by atoms with E-state index in [4.69, 9.17) is 9.57 Å². The molecule has 2 amide bonds. The van der Waals surface area contributed by atoms with Gasteiger partial charge in [-0.05, 0) is 20.3 Å². The zero-order valence-corrected chi connectivity index (χ0v) is 11.6. The van der Waals surface area contributed by atoms with Gasteiger partial charge >= 0.3 is 12.0 Å². The third-order valence-corrected chi connectivity index (χ3v) is 3.31. The standard InChI is InChI=1S/C13H20N2O4/c1-4-10(3)19-12(16)8-18-15-11-5-9(2)6-14(7-11)13(15)17/h5,10-11H,4,6-8H2,1-3H3. The van der Waals surface area contributed by atoms with E-state index >= 15 is 0 Å². The number of rotatable bonds is 5. The number of hydroxylamine groups is 2. The second-order valence-electron chi connectivity index (χ2n) is 5.05. The average molecular weight is 268 g/mol. The van der Waals surface area contributed by atoms with Crippen molar-refractivity contribution in [2.24, 2.45) is 0 Å². The Morgan fingerprint density at radius 1 is 1.58 bits per heavy atom. The number of amides is 2. The molecule has 0 aromatic heterocycles. The normalized spacial score (nSPS) is 23.4. The van der Waals surface area contributed by atoms with Crippen LogP contribution in [0.5, 0.6) is 0 Å². The Hall–Kier alpha value is -1.56. The van der Waals surface area contributed by atoms with Gasteiger partial charge in [-0.2, -0.15) is 5.06 Å². The zero-order chi connectivity index (χ0) is 14.0. The Bertz CT molecular complexity index is 407. The lowest BCUT2D eigenvalue weighted by atomic mass is 10.1. The molecule has 106 valence electrons. The van der Waals surface area contributed by atoms with Gasteiger partial charge in [-0.1, -0.05) is 18.6 Å². The minimum atomic E-state index is -0.445. The van der Waals surface area contributed by atoms with Gasteiger partial charge in [0.2, 0.25) is 0 Å². The molecule has 0 aromatic carbocycles. The molecule has 2 aliphatic rings. The van der Waals surface area contributed by atoms with E-state index in [0.717, 1.165) is 12.0 Å². The molecule has 2 atom stereocenters. The summed E-state index contributed by atoms with van der Waals surface area (Å²) in [5.74, 6) is -0.445. The molecule has 6 nitrogen and oxygen atoms in total. The molecule has 6 heteroatoms. The van der Waals surface area contributed by atoms with Crippen LogP contribution in [-0.2, 0) is 14.4 Å². The molecule has 2 aliphatic heterocycles. The maximum Gasteiger partial charge on any atom is 0.344 e. The second-order valence-corrected chi connectivity index (χ2v) is 5.05. The van der Waals surface area contributed by atoms with Gasteiger partial charge in [-0.25, -0.2) is 9.59 Å². The number of nitrogens with zero attached hydrogens (tertiary/aromatic N) is 2. The van der Waals surface area contributed by atoms with Gasteiger partial charge in [-0.15, -0.1) is 0 Å². The molecule has 2 rings (SSSR count). The Kier molecular flexibility index (Phi) is 4.09. The molecule has 0 aliphatic carbocycles. The fourth-order valence-corrected chi connectivity index (χ4v) is 2.21. The molecule has 0 spiro atoms. The highest BCUT2D eigenvalue weighted by Crippen LogP contribution is 2.24. The van der Waals surface area contributed by atoms with Gasteiger partial charge in [0.15, 0.2) is 6.61 Å². The summed E-state index contributed by atoms with van der Waals surface area (Å²) in [5.41, 5.74) is 1.14. The molecule has 0 saturated carbocycles. The summed E-state index contributed by atoms with van der Waals surface area (Å²) in [4.78, 5) is 30.5. The third kappa shape index (κ3) is 3.07. The van der Waals surface area contributed by atoms with E-state index in [-0.39, 0.29) is 24.8 Å². The van der Waals surface area contributed by atoms with Crippen LogP contribution >= 0.6 is 0 Å². The van der Waals surface area contributed by atoms with Crippen molar-refractivity contribution in [3.05, 3.63) is 11.6 Å². The Morgan fingerprint density at radius 2 is 2.32 bits per heavy atom. The molecule has 19 heavy (non-hydrogen) atoms. The minimum absolute atomic E-state index is 0.0994. The highest BCUT2D eigenvalue weighted by molar-refractivity contribution is 5.78. The van der Waals surface area contributed by atoms with Crippen LogP contribution in [0.4, 0.5) is 4.79 Å². The fourth-order valence-electron chi connectivity index (χ4n) is 2.21. The van der Waals surface area contributed by atoms with E-state index in [0.29, 0.717) is 13.1 Å². The predicted octanol–water partition coefficient (Wildman–Crippen LogP) is 1.33. The van der Waals surface area contributed by atoms with E-state index in [1.807, 2.05) is 26.8 Å². The smallest absolute Gasteiger partial charge is 0.344 e. The van der Waals surface area contributed by atoms with Gasteiger partial charge in [0.05, 0.1) is 12.1 Å². The maximum atomic E-state index is 12.0. The highest BCUT2D eigenvalue weighted by atomic mass is 16.7. The number of carbonyl (C=O) groups excluding carboxylic acids is 2. The van der Waals surface area contributed by atoms with Crippen LogP contribution in [0.1, 0.15) is 27.2 Å². The van der Waals surface area contributed by atoms with Crippen molar-refractivity contribution in [1.29, 1.82) is 0 Å². The SMILES string of the molecule is CCC(C)OC(=O)CON1C(=O)N2CC(C)=CC1C2. The van der Waals surface area contributed by atoms with Gasteiger partial charge in [0, 0.05) is 13.1 Å². The summed E-state index contributed by atoms with van der Waals surface area (Å²) >= 11 is 0. The summed E-state index contributed by atoms with van der Waals surface area (Å²) in [7, 11) is 0. The van der Waals surface area contributed by atoms with Crippen molar-refractivity contribution in [1.82, 2.24) is 9.96 Å². The van der Waals surface area contributed by atoms with Crippen LogP contribution in [0.25, 0.3) is 0 Å². The second kappa shape index (κ2) is 5.61. The number of hydrogen-bond donors (Lipinski definition) is 0. The highest BCUT2D eigenvalue weighted by Gasteiger charge is 2.40. The first-order valence-electron chi connectivity index (χ1n) is 6.59. The lowest BCUT2D eigenvalue weighted by Gasteiger charge is -2.20. The number of ether oxygens (including phenoxy) is 1. The first kappa shape index (κ1) is 13.9. The van der Waals surface area contributed by atoms with E-state index in [1.165, 1.54) is 5.06 Å². The minimum Gasteiger partial charge on any atom is -0.461 e. The van der Waals surface area contributed by atoms with Gasteiger partial charge in [0.25, 0.3) is 0 Å². The van der Waals surface area contributed by atoms with E-state index in [9.17, 15) is 9.59 Å². The summed E-state index contributed by atoms with van der Waals surface area (Å²) in [6.45, 7) is 6.76. The molecular formula is C13H20N2O4. The molecule has 1 fully saturated rings. The van der Waals surface area contributed by atoms with E-state index < -0.39 is 5.97 Å². The van der Waals surface area contributed by atoms with Crippen LogP contribution in [0, 0.1) is 0 Å². The molecule has 0 N–H and O–H groups in total. The summed E-state index contributed by atoms with van der Waals surface area (Å²) in [6.07, 6.45) is 2.63. The predicted molar refractivity (Wildman–Crippen MR) is 68.2 cm³/mol. The third-order valence-electron chi connectivity index (χ3n) is 3.31. The molecular weight excluding hydrogens is 248 g/mol. The largest absolute Gasteiger partial charge is 0.461 e. The van der Waals surface area contributed by atoms with Crippen LogP contribution < -0.4 is 0 Å². The Morgan fingerprint density at radius 3 is 3.00 bits per heavy atom. The number of fused-ring (bicyclic) bond motifs is 2. The zero-order valence-electron chi connectivity index (χ0n) is 11.6. The summed E-state index contributed by atoms with van der Waals surface area (Å²) < 4.78 is 5.10. The molecule has 2 heterocycles. The van der Waals surface area contributed by atoms with Crippen LogP contribution in [0.2, 0.25) is 0 Å². The lowest BCUT2D eigenvalue weighted by molar-refractivity contribution is -0.173. The van der Waals surface area contributed by atoms with Crippen molar-refractivity contribution in [3.8, 4) is 0 Å². The van der Waals surface area contributed by atoms with Crippen molar-refractivity contribution < 1.29 is 19.2 Å². The van der Waals surface area contributed by atoms with Crippen LogP contribution in [0.15, 0.2) is 11.6 Å². The van der Waals surface area contributed by atoms with Crippen molar-refractivity contribution in [2.75, 3.05) is 19.7 Å². The summed E-state index contributed by atoms with van der Waals surface area (Å²) in [5, 5.41) is 1.27. The Balaban J connectivity index is 1.86. The maximum absolute atomic E-state index is 12.0. The molecule has 2 bridgehead atoms. The number of urea groups is 1. The van der Waals surface area contributed by atoms with Gasteiger partial charge in [0.1, 0.15) is 0 Å². The first-order valence-corrected chi connectivity index (χ1v) is 6.59. The molecule has 2 unspecified atom stereocenters. The molecule has 0 aromatic rings. The fraction of sp³-hybridized carbons (Fsp3) is 0.692. The van der Waals surface area contributed by atoms with Crippen molar-refractivity contribution in [2.45, 2.75) is 39.3 Å². The number of carbonyl (C=O) groups is 2. The number of hydrogen-bond acceptors (Lipinski definition) is 4. The van der Waals surface area contributed by atoms with Gasteiger partial charge in [-0.3, -0.25) is 4.84 Å². The Labute approximate surface area is 112 Å². The van der Waals surface area contributed by atoms with E-state index in [2.05, 4.69) is 0 Å². The lowest BCUT2D eigenvalue weighted by Crippen LogP contribution is -2.35.